The van der Waals surface area contributed by atoms with E-state index in [1.54, 1.807) is 7.11 Å². The van der Waals surface area contributed by atoms with Crippen LogP contribution in [0.1, 0.15) is 24.5 Å². The van der Waals surface area contributed by atoms with Crippen LogP contribution in [0.5, 0.6) is 17.2 Å². The third kappa shape index (κ3) is 7.56. The van der Waals surface area contributed by atoms with Crippen LogP contribution in [0.3, 0.4) is 0 Å². The van der Waals surface area contributed by atoms with Crippen molar-refractivity contribution in [3.05, 3.63) is 53.6 Å². The summed E-state index contributed by atoms with van der Waals surface area (Å²) in [6.45, 7) is 5.75. The highest BCUT2D eigenvalue weighted by Gasteiger charge is 2.13. The number of ether oxygens (including phenoxy) is 4. The van der Waals surface area contributed by atoms with Crippen LogP contribution in [0.4, 0.5) is 0 Å². The summed E-state index contributed by atoms with van der Waals surface area (Å²) in [5.41, 5.74) is 2.21. The second-order valence-electron chi connectivity index (χ2n) is 6.53. The van der Waals surface area contributed by atoms with Crippen LogP contribution in [0.25, 0.3) is 0 Å². The van der Waals surface area contributed by atoms with E-state index in [0.717, 1.165) is 60.5 Å². The van der Waals surface area contributed by atoms with Gasteiger partial charge in [-0.1, -0.05) is 18.2 Å². The number of hydrogen-bond donors (Lipinski definition) is 2. The van der Waals surface area contributed by atoms with Gasteiger partial charge in [0.25, 0.3) is 0 Å². The highest BCUT2D eigenvalue weighted by molar-refractivity contribution is 14.0. The second-order valence-corrected chi connectivity index (χ2v) is 6.53. The number of halogens is 1. The van der Waals surface area contributed by atoms with Crippen LogP contribution >= 0.6 is 24.0 Å². The summed E-state index contributed by atoms with van der Waals surface area (Å²) in [6, 6.07) is 13.9. The number of hydrogen-bond acceptors (Lipinski definition) is 5. The lowest BCUT2D eigenvalue weighted by atomic mass is 10.2. The first-order valence-electron chi connectivity index (χ1n) is 9.90. The van der Waals surface area contributed by atoms with Crippen molar-refractivity contribution < 1.29 is 18.9 Å². The van der Waals surface area contributed by atoms with Crippen molar-refractivity contribution in [2.24, 2.45) is 4.99 Å². The Morgan fingerprint density at radius 3 is 2.57 bits per heavy atom. The molecule has 0 aliphatic carbocycles. The predicted octanol–water partition coefficient (Wildman–Crippen LogP) is 3.70. The van der Waals surface area contributed by atoms with Crippen LogP contribution in [0, 0.1) is 0 Å². The van der Waals surface area contributed by atoms with Crippen molar-refractivity contribution in [2.45, 2.75) is 26.4 Å². The molecule has 30 heavy (non-hydrogen) atoms. The maximum absolute atomic E-state index is 5.45. The van der Waals surface area contributed by atoms with Crippen LogP contribution in [-0.4, -0.2) is 39.6 Å². The number of rotatable bonds is 10. The highest BCUT2D eigenvalue weighted by Crippen LogP contribution is 2.32. The average Bonchev–Trinajstić information content (AvgIpc) is 3.23. The van der Waals surface area contributed by atoms with E-state index >= 15 is 0 Å². The van der Waals surface area contributed by atoms with Gasteiger partial charge >= 0.3 is 0 Å². The maximum Gasteiger partial charge on any atom is 0.231 e. The van der Waals surface area contributed by atoms with Gasteiger partial charge in [-0.3, -0.25) is 0 Å². The number of fused-ring (bicyclic) bond motifs is 1. The van der Waals surface area contributed by atoms with E-state index < -0.39 is 0 Å². The molecular formula is C22H30IN3O4. The molecule has 2 N–H and O–H groups in total. The van der Waals surface area contributed by atoms with Crippen molar-refractivity contribution in [3.8, 4) is 17.2 Å². The van der Waals surface area contributed by atoms with Crippen LogP contribution in [-0.2, 0) is 17.8 Å². The molecule has 0 aromatic heterocycles. The molecule has 164 valence electrons. The molecule has 0 saturated heterocycles. The Morgan fingerprint density at radius 2 is 1.80 bits per heavy atom. The molecule has 8 heteroatoms. The van der Waals surface area contributed by atoms with E-state index in [9.17, 15) is 0 Å². The zero-order chi connectivity index (χ0) is 20.3. The average molecular weight is 527 g/mol. The second kappa shape index (κ2) is 13.2. The molecule has 0 fully saturated rings. The van der Waals surface area contributed by atoms with Gasteiger partial charge in [0.05, 0.1) is 13.7 Å². The van der Waals surface area contributed by atoms with E-state index in [2.05, 4.69) is 10.6 Å². The number of nitrogens with one attached hydrogen (secondary N) is 2. The zero-order valence-electron chi connectivity index (χ0n) is 17.5. The van der Waals surface area contributed by atoms with E-state index in [-0.39, 0.29) is 30.8 Å². The minimum Gasteiger partial charge on any atom is -0.497 e. The Labute approximate surface area is 195 Å². The molecular weight excluding hydrogens is 497 g/mol. The number of nitrogens with zero attached hydrogens (tertiary/aromatic N) is 1. The standard InChI is InChI=1S/C22H29N3O4.HI/c1-3-27-12-4-11-23-22(24-14-17-5-8-19(26-2)9-6-17)25-15-18-7-10-20-21(13-18)29-16-28-20;/h5-10,13H,3-4,11-12,14-16H2,1-2H3,(H2,23,24,25);1H. The molecule has 1 heterocycles. The summed E-state index contributed by atoms with van der Waals surface area (Å²) in [5, 5.41) is 6.76. The number of benzene rings is 2. The zero-order valence-corrected chi connectivity index (χ0v) is 19.8. The molecule has 0 atom stereocenters. The molecule has 0 radical (unpaired) electrons. The van der Waals surface area contributed by atoms with Crippen LogP contribution < -0.4 is 24.8 Å². The Hall–Kier alpha value is -2.20. The van der Waals surface area contributed by atoms with Gasteiger partial charge in [-0.15, -0.1) is 24.0 Å². The summed E-state index contributed by atoms with van der Waals surface area (Å²) in [4.78, 5) is 4.72. The topological polar surface area (TPSA) is 73.3 Å². The third-order valence-electron chi connectivity index (χ3n) is 4.44. The Balaban J connectivity index is 0.00000320. The summed E-state index contributed by atoms with van der Waals surface area (Å²) in [5.74, 6) is 3.16. The van der Waals surface area contributed by atoms with Gasteiger partial charge in [-0.05, 0) is 48.7 Å². The number of guanidine groups is 1. The molecule has 1 aliphatic heterocycles. The van der Waals surface area contributed by atoms with Crippen LogP contribution in [0.2, 0.25) is 0 Å². The molecule has 1 aliphatic rings. The monoisotopic (exact) mass is 527 g/mol. The number of methoxy groups -OCH3 is 1. The Morgan fingerprint density at radius 1 is 1.03 bits per heavy atom. The molecule has 0 unspecified atom stereocenters. The van der Waals surface area contributed by atoms with Gasteiger partial charge in [0.15, 0.2) is 17.5 Å². The van der Waals surface area contributed by atoms with Crippen LogP contribution in [0.15, 0.2) is 47.5 Å². The van der Waals surface area contributed by atoms with Gasteiger partial charge in [0.2, 0.25) is 6.79 Å². The molecule has 0 amide bonds. The molecule has 3 rings (SSSR count). The normalized spacial score (nSPS) is 12.3. The van der Waals surface area contributed by atoms with Gasteiger partial charge in [-0.25, -0.2) is 4.99 Å². The van der Waals surface area contributed by atoms with Crippen molar-refractivity contribution in [1.29, 1.82) is 0 Å². The molecule has 7 nitrogen and oxygen atoms in total. The first-order valence-corrected chi connectivity index (χ1v) is 9.90. The smallest absolute Gasteiger partial charge is 0.231 e. The van der Waals surface area contributed by atoms with Gasteiger partial charge in [0, 0.05) is 26.3 Å². The van der Waals surface area contributed by atoms with E-state index in [4.69, 9.17) is 23.9 Å². The first-order chi connectivity index (χ1) is 14.3. The maximum atomic E-state index is 5.45. The minimum atomic E-state index is 0. The lowest BCUT2D eigenvalue weighted by Crippen LogP contribution is -2.37. The summed E-state index contributed by atoms with van der Waals surface area (Å²) in [7, 11) is 1.67. The molecule has 0 saturated carbocycles. The fourth-order valence-corrected chi connectivity index (χ4v) is 2.84. The van der Waals surface area contributed by atoms with E-state index in [1.165, 1.54) is 0 Å². The largest absolute Gasteiger partial charge is 0.497 e. The van der Waals surface area contributed by atoms with Crippen molar-refractivity contribution >= 4 is 29.9 Å². The van der Waals surface area contributed by atoms with E-state index in [0.29, 0.717) is 13.1 Å². The third-order valence-corrected chi connectivity index (χ3v) is 4.44. The number of aliphatic imine (C=N–C) groups is 1. The lowest BCUT2D eigenvalue weighted by molar-refractivity contribution is 0.145. The highest BCUT2D eigenvalue weighted by atomic mass is 127. The van der Waals surface area contributed by atoms with E-state index in [1.807, 2.05) is 49.4 Å². The molecule has 2 aromatic rings. The summed E-state index contributed by atoms with van der Waals surface area (Å²) < 4.78 is 21.4. The molecule has 0 bridgehead atoms. The SMILES string of the molecule is CCOCCCNC(=NCc1ccc2c(c1)OCO2)NCc1ccc(OC)cc1.I. The Kier molecular flexibility index (Phi) is 10.6. The lowest BCUT2D eigenvalue weighted by Gasteiger charge is -2.13. The predicted molar refractivity (Wildman–Crippen MR) is 128 cm³/mol. The summed E-state index contributed by atoms with van der Waals surface area (Å²) >= 11 is 0. The van der Waals surface area contributed by atoms with Gasteiger partial charge in [0.1, 0.15) is 5.75 Å². The van der Waals surface area contributed by atoms with Crippen molar-refractivity contribution in [1.82, 2.24) is 10.6 Å². The van der Waals surface area contributed by atoms with Crippen molar-refractivity contribution in [3.63, 3.8) is 0 Å². The summed E-state index contributed by atoms with van der Waals surface area (Å²) in [6.07, 6.45) is 0.918. The molecule has 2 aromatic carbocycles. The quantitative estimate of drug-likeness (QED) is 0.213. The fraction of sp³-hybridized carbons (Fsp3) is 0.409. The molecule has 0 spiro atoms. The van der Waals surface area contributed by atoms with Crippen molar-refractivity contribution in [2.75, 3.05) is 33.7 Å². The van der Waals surface area contributed by atoms with Gasteiger partial charge < -0.3 is 29.6 Å². The Bertz CT molecular complexity index is 799. The van der Waals surface area contributed by atoms with Gasteiger partial charge in [-0.2, -0.15) is 0 Å². The fourth-order valence-electron chi connectivity index (χ4n) is 2.84. The first kappa shape index (κ1) is 24.1. The minimum absolute atomic E-state index is 0.